The number of amides is 1. The van der Waals surface area contributed by atoms with E-state index in [1.165, 1.54) is 0 Å². The molecule has 1 heterocycles. The first kappa shape index (κ1) is 29.8. The van der Waals surface area contributed by atoms with Gasteiger partial charge in [0.15, 0.2) is 0 Å². The summed E-state index contributed by atoms with van der Waals surface area (Å²) in [7, 11) is 0. The monoisotopic (exact) mass is 475 g/mol. The van der Waals surface area contributed by atoms with E-state index in [2.05, 4.69) is 50.1 Å². The van der Waals surface area contributed by atoms with Crippen molar-refractivity contribution in [3.63, 3.8) is 0 Å². The van der Waals surface area contributed by atoms with Crippen LogP contribution in [0.2, 0.25) is 0 Å². The number of pyridine rings is 1. The van der Waals surface area contributed by atoms with E-state index in [-0.39, 0.29) is 0 Å². The Balaban J connectivity index is 3.76. The van der Waals surface area contributed by atoms with Crippen molar-refractivity contribution in [1.82, 2.24) is 4.98 Å². The van der Waals surface area contributed by atoms with Crippen LogP contribution in [0.25, 0.3) is 6.08 Å². The Hall–Kier alpha value is -3.23. The Morgan fingerprint density at radius 1 is 1.23 bits per heavy atom. The number of aromatic nitrogens is 1. The predicted molar refractivity (Wildman–Crippen MR) is 147 cm³/mol. The second-order valence-electron chi connectivity index (χ2n) is 8.69. The lowest BCUT2D eigenvalue weighted by Gasteiger charge is -2.18. The van der Waals surface area contributed by atoms with Gasteiger partial charge < -0.3 is 10.4 Å². The average Bonchev–Trinajstić information content (AvgIpc) is 2.84. The molecule has 1 unspecified atom stereocenters. The third kappa shape index (κ3) is 8.81. The first-order valence-corrected chi connectivity index (χ1v) is 12.5. The Morgan fingerprint density at radius 2 is 1.94 bits per heavy atom. The molecule has 1 aromatic heterocycles. The minimum Gasteiger partial charge on any atom is -0.388 e. The molecule has 5 nitrogen and oxygen atoms in total. The highest BCUT2D eigenvalue weighted by atomic mass is 16.3. The first-order valence-electron chi connectivity index (χ1n) is 12.5. The van der Waals surface area contributed by atoms with Gasteiger partial charge in [0.25, 0.3) is 0 Å². The van der Waals surface area contributed by atoms with Gasteiger partial charge in [0.1, 0.15) is 5.82 Å². The van der Waals surface area contributed by atoms with Crippen molar-refractivity contribution >= 4 is 18.3 Å². The number of allylic oxidation sites excluding steroid dienone is 7. The van der Waals surface area contributed by atoms with Crippen molar-refractivity contribution in [2.45, 2.75) is 86.7 Å². The maximum absolute atomic E-state index is 10.8. The minimum atomic E-state index is -0.518. The summed E-state index contributed by atoms with van der Waals surface area (Å²) in [5.74, 6) is 0.482. The molecule has 0 aliphatic heterocycles. The summed E-state index contributed by atoms with van der Waals surface area (Å²) in [4.78, 5) is 15.1. The molecular weight excluding hydrogens is 434 g/mol. The van der Waals surface area contributed by atoms with Crippen molar-refractivity contribution in [3.8, 4) is 6.07 Å². The summed E-state index contributed by atoms with van der Waals surface area (Å²) >= 11 is 0. The van der Waals surface area contributed by atoms with Gasteiger partial charge in [0, 0.05) is 6.20 Å². The quantitative estimate of drug-likeness (QED) is 0.177. The van der Waals surface area contributed by atoms with Gasteiger partial charge in [-0.2, -0.15) is 5.26 Å². The number of aliphatic hydroxyl groups is 1. The van der Waals surface area contributed by atoms with Crippen LogP contribution in [0.15, 0.2) is 63.9 Å². The molecule has 0 saturated heterocycles. The van der Waals surface area contributed by atoms with Crippen LogP contribution in [0.3, 0.4) is 0 Å². The number of nitriles is 1. The largest absolute Gasteiger partial charge is 0.388 e. The fourth-order valence-electron chi connectivity index (χ4n) is 3.86. The highest BCUT2D eigenvalue weighted by molar-refractivity contribution is 5.74. The normalized spacial score (nSPS) is 14.8. The number of hydrogen-bond acceptors (Lipinski definition) is 4. The number of anilines is 1. The van der Waals surface area contributed by atoms with Crippen LogP contribution in [0.5, 0.6) is 0 Å². The van der Waals surface area contributed by atoms with Crippen molar-refractivity contribution in [3.05, 3.63) is 75.1 Å². The Morgan fingerprint density at radius 3 is 2.46 bits per heavy atom. The molecule has 35 heavy (non-hydrogen) atoms. The summed E-state index contributed by atoms with van der Waals surface area (Å²) in [6, 6.07) is 4.20. The molecule has 188 valence electrons. The van der Waals surface area contributed by atoms with Crippen LogP contribution in [-0.2, 0) is 4.79 Å². The lowest BCUT2D eigenvalue weighted by Crippen LogP contribution is -2.11. The number of carbonyl (C=O) groups excluding carboxylic acids is 1. The number of carbonyl (C=O) groups is 1. The number of aliphatic hydroxyl groups excluding tert-OH is 1. The van der Waals surface area contributed by atoms with Crippen molar-refractivity contribution < 1.29 is 9.90 Å². The number of aryl methyl sites for hydroxylation is 1. The molecule has 0 aliphatic rings. The van der Waals surface area contributed by atoms with Crippen LogP contribution in [0, 0.1) is 18.3 Å². The van der Waals surface area contributed by atoms with Crippen molar-refractivity contribution in [1.29, 1.82) is 5.26 Å². The predicted octanol–water partition coefficient (Wildman–Crippen LogP) is 7.37. The third-order valence-corrected chi connectivity index (χ3v) is 6.03. The number of rotatable bonds is 13. The fraction of sp³-hybridized carbons (Fsp3) is 0.433. The van der Waals surface area contributed by atoms with Gasteiger partial charge in [-0.15, -0.1) is 0 Å². The average molecular weight is 476 g/mol. The zero-order valence-electron chi connectivity index (χ0n) is 22.4. The second-order valence-corrected chi connectivity index (χ2v) is 8.69. The van der Waals surface area contributed by atoms with Gasteiger partial charge in [0.2, 0.25) is 6.41 Å². The van der Waals surface area contributed by atoms with Crippen molar-refractivity contribution in [2.75, 3.05) is 5.32 Å². The summed E-state index contributed by atoms with van der Waals surface area (Å²) in [6.07, 6.45) is 14.1. The molecule has 1 amide bonds. The van der Waals surface area contributed by atoms with E-state index in [9.17, 15) is 15.2 Å². The van der Waals surface area contributed by atoms with E-state index in [4.69, 9.17) is 0 Å². The summed E-state index contributed by atoms with van der Waals surface area (Å²) in [5.41, 5.74) is 7.26. The van der Waals surface area contributed by atoms with Gasteiger partial charge in [-0.1, -0.05) is 57.4 Å². The second kappa shape index (κ2) is 15.6. The van der Waals surface area contributed by atoms with Gasteiger partial charge >= 0.3 is 0 Å². The molecular formula is C30H41N3O2. The lowest BCUT2D eigenvalue weighted by molar-refractivity contribution is -0.105. The molecule has 5 heteroatoms. The topological polar surface area (TPSA) is 86.0 Å². The maximum Gasteiger partial charge on any atom is 0.212 e. The van der Waals surface area contributed by atoms with Crippen molar-refractivity contribution in [2.24, 2.45) is 0 Å². The highest BCUT2D eigenvalue weighted by Crippen LogP contribution is 2.31. The van der Waals surface area contributed by atoms with E-state index in [1.54, 1.807) is 6.20 Å². The number of hydrogen-bond donors (Lipinski definition) is 2. The van der Waals surface area contributed by atoms with Crippen LogP contribution in [0.1, 0.15) is 84.8 Å². The SMILES string of the molecule is C/C=C(C(\C)=C/C(=C(\C)CC)C(O)CCC)/C(=C/c1cnc(NC=O)cc1C)C(/C#N)=C/CCC. The first-order chi connectivity index (χ1) is 16.8. The summed E-state index contributed by atoms with van der Waals surface area (Å²) in [5, 5.41) is 23.5. The summed E-state index contributed by atoms with van der Waals surface area (Å²) in [6.45, 7) is 14.3. The zero-order chi connectivity index (χ0) is 26.4. The van der Waals surface area contributed by atoms with Gasteiger partial charge in [-0.25, -0.2) is 4.98 Å². The molecule has 0 bridgehead atoms. The van der Waals surface area contributed by atoms with E-state index in [0.717, 1.165) is 64.7 Å². The number of nitrogens with one attached hydrogen (secondary N) is 1. The molecule has 2 N–H and O–H groups in total. The van der Waals surface area contributed by atoms with Gasteiger partial charge in [-0.3, -0.25) is 4.79 Å². The Bertz CT molecular complexity index is 1070. The molecule has 1 rings (SSSR count). The van der Waals surface area contributed by atoms with E-state index in [0.29, 0.717) is 24.2 Å². The van der Waals surface area contributed by atoms with E-state index >= 15 is 0 Å². The minimum absolute atomic E-state index is 0.482. The third-order valence-electron chi connectivity index (χ3n) is 6.03. The number of nitrogens with zero attached hydrogens (tertiary/aromatic N) is 2. The molecule has 0 spiro atoms. The molecule has 1 aromatic rings. The molecule has 1 atom stereocenters. The molecule has 0 radical (unpaired) electrons. The molecule has 0 fully saturated rings. The highest BCUT2D eigenvalue weighted by Gasteiger charge is 2.16. The standard InChI is InChI=1S/C30H41N3O2/c1-8-12-14-24(18-31)28(17-25-19-32-30(33-20-34)16-22(25)6)26(11-4)23(7)15-27(21(5)10-3)29(35)13-9-2/h11,14-17,19-20,29,35H,8-10,12-13H2,1-7H3,(H,32,33,34)/b23-15-,24-14+,26-11+,27-21-,28-17+. The van der Waals surface area contributed by atoms with E-state index < -0.39 is 6.10 Å². The molecule has 0 aromatic carbocycles. The van der Waals surface area contributed by atoms with Crippen LogP contribution < -0.4 is 5.32 Å². The molecule has 0 saturated carbocycles. The van der Waals surface area contributed by atoms with Crippen LogP contribution >= 0.6 is 0 Å². The number of unbranched alkanes of at least 4 members (excludes halogenated alkanes) is 1. The Kier molecular flexibility index (Phi) is 13.3. The Labute approximate surface area is 211 Å². The zero-order valence-corrected chi connectivity index (χ0v) is 22.4. The maximum atomic E-state index is 10.8. The van der Waals surface area contributed by atoms with E-state index in [1.807, 2.05) is 45.1 Å². The summed E-state index contributed by atoms with van der Waals surface area (Å²) < 4.78 is 0. The lowest BCUT2D eigenvalue weighted by atomic mass is 9.88. The van der Waals surface area contributed by atoms with Gasteiger partial charge in [-0.05, 0) is 92.5 Å². The fourth-order valence-corrected chi connectivity index (χ4v) is 3.86. The smallest absolute Gasteiger partial charge is 0.212 e. The van der Waals surface area contributed by atoms with Gasteiger partial charge in [0.05, 0.1) is 17.7 Å². The molecule has 0 aliphatic carbocycles. The van der Waals surface area contributed by atoms with Crippen LogP contribution in [0.4, 0.5) is 5.82 Å². The van der Waals surface area contributed by atoms with Crippen LogP contribution in [-0.4, -0.2) is 22.6 Å².